The van der Waals surface area contributed by atoms with E-state index in [4.69, 9.17) is 4.42 Å². The van der Waals surface area contributed by atoms with E-state index in [1.54, 1.807) is 12.1 Å². The van der Waals surface area contributed by atoms with Gasteiger partial charge in [0.05, 0.1) is 23.5 Å². The van der Waals surface area contributed by atoms with Crippen LogP contribution >= 0.6 is 0 Å². The Kier molecular flexibility index (Phi) is 4.55. The standard InChI is InChI=1S/C24H23F2N5O/c1-12-13-4-6-14(7-5-13)16(12)10-18-20(26)22(19-3-2-8-32-19)29-24(28-18)21-17-9-15(25)11-27-23(17)31-30-21/h2-3,8-9,11-14,16H,4-7,10H2,1H3,(H,27,30,31). The number of furan rings is 1. The van der Waals surface area contributed by atoms with Crippen molar-refractivity contribution in [3.63, 3.8) is 0 Å². The molecule has 0 spiro atoms. The second-order valence-corrected chi connectivity index (χ2v) is 9.16. The van der Waals surface area contributed by atoms with Crippen molar-refractivity contribution in [2.75, 3.05) is 0 Å². The van der Waals surface area contributed by atoms with Crippen LogP contribution < -0.4 is 0 Å². The number of halogens is 2. The zero-order chi connectivity index (χ0) is 21.8. The highest BCUT2D eigenvalue weighted by Crippen LogP contribution is 2.50. The minimum Gasteiger partial charge on any atom is -0.463 e. The molecular formula is C24H23F2N5O. The zero-order valence-electron chi connectivity index (χ0n) is 17.7. The number of fused-ring (bicyclic) bond motifs is 4. The van der Waals surface area contributed by atoms with Crippen molar-refractivity contribution in [3.8, 4) is 23.0 Å². The lowest BCUT2D eigenvalue weighted by Gasteiger charge is -2.47. The molecule has 0 radical (unpaired) electrons. The van der Waals surface area contributed by atoms with E-state index >= 15 is 4.39 Å². The van der Waals surface area contributed by atoms with Crippen molar-refractivity contribution in [1.82, 2.24) is 25.1 Å². The van der Waals surface area contributed by atoms with Gasteiger partial charge in [0, 0.05) is 0 Å². The highest BCUT2D eigenvalue weighted by Gasteiger charge is 2.41. The third kappa shape index (κ3) is 3.12. The third-order valence-electron chi connectivity index (χ3n) is 7.54. The van der Waals surface area contributed by atoms with Crippen LogP contribution in [0.4, 0.5) is 8.78 Å². The molecule has 1 N–H and O–H groups in total. The second kappa shape index (κ2) is 7.46. The van der Waals surface area contributed by atoms with Crippen molar-refractivity contribution in [3.05, 3.63) is 48.0 Å². The van der Waals surface area contributed by atoms with Crippen LogP contribution in [-0.2, 0) is 6.42 Å². The molecule has 4 heterocycles. The SMILES string of the molecule is CC1C2CCC(CC2)C1Cc1nc(-c2[nH]nc3ncc(F)cc23)nc(-c2ccco2)c1F. The molecule has 0 aromatic carbocycles. The minimum absolute atomic E-state index is 0.107. The second-order valence-electron chi connectivity index (χ2n) is 9.16. The van der Waals surface area contributed by atoms with Crippen molar-refractivity contribution in [2.45, 2.75) is 39.0 Å². The summed E-state index contributed by atoms with van der Waals surface area (Å²) in [6, 6.07) is 4.71. The monoisotopic (exact) mass is 435 g/mol. The summed E-state index contributed by atoms with van der Waals surface area (Å²) in [6.07, 6.45) is 8.12. The fourth-order valence-corrected chi connectivity index (χ4v) is 5.82. The van der Waals surface area contributed by atoms with Gasteiger partial charge in [-0.15, -0.1) is 0 Å². The summed E-state index contributed by atoms with van der Waals surface area (Å²) in [6.45, 7) is 2.30. The molecule has 4 aromatic rings. The summed E-state index contributed by atoms with van der Waals surface area (Å²) in [5.41, 5.74) is 1.25. The van der Waals surface area contributed by atoms with Crippen LogP contribution in [0.25, 0.3) is 34.0 Å². The normalized spacial score (nSPS) is 25.0. The van der Waals surface area contributed by atoms with E-state index in [0.29, 0.717) is 58.3 Å². The molecule has 3 fully saturated rings. The Bertz CT molecular complexity index is 1280. The molecule has 8 heteroatoms. The van der Waals surface area contributed by atoms with Gasteiger partial charge >= 0.3 is 0 Å². The zero-order valence-corrected chi connectivity index (χ0v) is 17.7. The van der Waals surface area contributed by atoms with Crippen LogP contribution in [0.2, 0.25) is 0 Å². The summed E-state index contributed by atoms with van der Waals surface area (Å²) in [4.78, 5) is 13.1. The first-order chi connectivity index (χ1) is 15.6. The first kappa shape index (κ1) is 19.5. The van der Waals surface area contributed by atoms with Gasteiger partial charge in [-0.05, 0) is 74.0 Å². The molecule has 3 aliphatic rings. The highest BCUT2D eigenvalue weighted by atomic mass is 19.1. The summed E-state index contributed by atoms with van der Waals surface area (Å²) in [5.74, 6) is 1.90. The predicted molar refractivity (Wildman–Crippen MR) is 114 cm³/mol. The van der Waals surface area contributed by atoms with Crippen LogP contribution in [0.15, 0.2) is 35.1 Å². The summed E-state index contributed by atoms with van der Waals surface area (Å²) in [7, 11) is 0. The Morgan fingerprint density at radius 1 is 1.12 bits per heavy atom. The molecule has 0 amide bonds. The van der Waals surface area contributed by atoms with E-state index < -0.39 is 11.6 Å². The summed E-state index contributed by atoms with van der Waals surface area (Å²) in [5, 5.41) is 7.45. The van der Waals surface area contributed by atoms with E-state index in [0.717, 1.165) is 6.20 Å². The molecule has 2 bridgehead atoms. The Labute approximate surface area is 183 Å². The number of H-pyrrole nitrogens is 1. The molecular weight excluding hydrogens is 412 g/mol. The topological polar surface area (TPSA) is 80.5 Å². The molecule has 164 valence electrons. The van der Waals surface area contributed by atoms with Crippen LogP contribution in [0.5, 0.6) is 0 Å². The quantitative estimate of drug-likeness (QED) is 0.453. The van der Waals surface area contributed by atoms with Gasteiger partial charge in [0.25, 0.3) is 0 Å². The maximum atomic E-state index is 15.7. The molecule has 3 aliphatic carbocycles. The summed E-state index contributed by atoms with van der Waals surface area (Å²) < 4.78 is 35.0. The van der Waals surface area contributed by atoms with Crippen LogP contribution in [-0.4, -0.2) is 25.1 Å². The van der Waals surface area contributed by atoms with Gasteiger partial charge in [0.2, 0.25) is 0 Å². The van der Waals surface area contributed by atoms with E-state index in [9.17, 15) is 4.39 Å². The lowest BCUT2D eigenvalue weighted by atomic mass is 9.58. The van der Waals surface area contributed by atoms with Crippen molar-refractivity contribution < 1.29 is 13.2 Å². The lowest BCUT2D eigenvalue weighted by Crippen LogP contribution is -2.39. The van der Waals surface area contributed by atoms with Gasteiger partial charge in [0.15, 0.2) is 23.0 Å². The molecule has 0 aliphatic heterocycles. The van der Waals surface area contributed by atoms with Crippen LogP contribution in [0, 0.1) is 35.3 Å². The summed E-state index contributed by atoms with van der Waals surface area (Å²) >= 11 is 0. The number of pyridine rings is 1. The maximum absolute atomic E-state index is 15.7. The Balaban J connectivity index is 1.48. The molecule has 0 saturated heterocycles. The number of hydrogen-bond acceptors (Lipinski definition) is 5. The van der Waals surface area contributed by atoms with Crippen molar-refractivity contribution >= 4 is 11.0 Å². The highest BCUT2D eigenvalue weighted by molar-refractivity contribution is 5.88. The number of nitrogens with zero attached hydrogens (tertiary/aromatic N) is 4. The molecule has 7 rings (SSSR count). The fourth-order valence-electron chi connectivity index (χ4n) is 5.82. The Hall–Kier alpha value is -3.16. The minimum atomic E-state index is -0.485. The first-order valence-electron chi connectivity index (χ1n) is 11.2. The molecule has 32 heavy (non-hydrogen) atoms. The number of nitrogens with one attached hydrogen (secondary N) is 1. The number of aromatic amines is 1. The molecule has 3 saturated carbocycles. The number of aromatic nitrogens is 5. The molecule has 4 aromatic heterocycles. The predicted octanol–water partition coefficient (Wildman–Crippen LogP) is 5.57. The largest absolute Gasteiger partial charge is 0.463 e. The van der Waals surface area contributed by atoms with Gasteiger partial charge < -0.3 is 4.42 Å². The van der Waals surface area contributed by atoms with E-state index in [1.807, 2.05) is 0 Å². The Morgan fingerprint density at radius 2 is 1.94 bits per heavy atom. The first-order valence-corrected chi connectivity index (χ1v) is 11.2. The van der Waals surface area contributed by atoms with Crippen LogP contribution in [0.3, 0.4) is 0 Å². The Morgan fingerprint density at radius 3 is 2.69 bits per heavy atom. The van der Waals surface area contributed by atoms with Gasteiger partial charge in [0.1, 0.15) is 17.2 Å². The van der Waals surface area contributed by atoms with E-state index in [1.165, 1.54) is 38.0 Å². The van der Waals surface area contributed by atoms with Gasteiger partial charge in [-0.1, -0.05) is 6.92 Å². The van der Waals surface area contributed by atoms with Crippen molar-refractivity contribution in [1.29, 1.82) is 0 Å². The smallest absolute Gasteiger partial charge is 0.181 e. The molecule has 2 unspecified atom stereocenters. The fraction of sp³-hybridized carbons (Fsp3) is 0.417. The van der Waals surface area contributed by atoms with Crippen molar-refractivity contribution in [2.24, 2.45) is 23.7 Å². The van der Waals surface area contributed by atoms with Gasteiger partial charge in [-0.3, -0.25) is 5.10 Å². The molecule has 2 atom stereocenters. The lowest BCUT2D eigenvalue weighted by molar-refractivity contribution is 0.0334. The van der Waals surface area contributed by atoms with E-state index in [2.05, 4.69) is 32.1 Å². The van der Waals surface area contributed by atoms with E-state index in [-0.39, 0.29) is 11.5 Å². The average molecular weight is 435 g/mol. The number of rotatable bonds is 4. The van der Waals surface area contributed by atoms with Gasteiger partial charge in [-0.2, -0.15) is 5.10 Å². The number of hydrogen-bond donors (Lipinski definition) is 1. The maximum Gasteiger partial charge on any atom is 0.181 e. The van der Waals surface area contributed by atoms with Gasteiger partial charge in [-0.25, -0.2) is 23.7 Å². The van der Waals surface area contributed by atoms with Crippen LogP contribution in [0.1, 0.15) is 38.3 Å². The average Bonchev–Trinajstić information content (AvgIpc) is 3.48. The molecule has 6 nitrogen and oxygen atoms in total. The third-order valence-corrected chi connectivity index (χ3v) is 7.54.